The average molecular weight is 239 g/mol. The van der Waals surface area contributed by atoms with Gasteiger partial charge in [0, 0.05) is 0 Å². The van der Waals surface area contributed by atoms with Crippen LogP contribution in [0.4, 0.5) is 0 Å². The quantitative estimate of drug-likeness (QED) is 0.582. The highest BCUT2D eigenvalue weighted by molar-refractivity contribution is 6.25. The fraction of sp³-hybridized carbons (Fsp3) is 0.385. The Balaban J connectivity index is 3.13. The van der Waals surface area contributed by atoms with E-state index < -0.39 is 4.87 Å². The van der Waals surface area contributed by atoms with Crippen LogP contribution >= 0.6 is 11.6 Å². The fourth-order valence-electron chi connectivity index (χ4n) is 1.13. The van der Waals surface area contributed by atoms with Crippen molar-refractivity contribution < 1.29 is 9.47 Å². The summed E-state index contributed by atoms with van der Waals surface area (Å²) in [5.74, 6) is 7.40. The summed E-state index contributed by atoms with van der Waals surface area (Å²) in [6.07, 6.45) is 0. The molecule has 1 rings (SSSR count). The molecule has 86 valence electrons. The van der Waals surface area contributed by atoms with Crippen LogP contribution in [0.15, 0.2) is 18.2 Å². The van der Waals surface area contributed by atoms with Gasteiger partial charge in [0.2, 0.25) is 0 Å². The summed E-state index contributed by atoms with van der Waals surface area (Å²) in [7, 11) is 3.23. The molecule has 16 heavy (non-hydrogen) atoms. The van der Waals surface area contributed by atoms with E-state index in [4.69, 9.17) is 21.1 Å². The van der Waals surface area contributed by atoms with E-state index in [0.717, 1.165) is 11.3 Å². The number of methoxy groups -OCH3 is 2. The van der Waals surface area contributed by atoms with Crippen LogP contribution in [-0.4, -0.2) is 19.1 Å². The van der Waals surface area contributed by atoms with E-state index in [9.17, 15) is 0 Å². The van der Waals surface area contributed by atoms with Crippen molar-refractivity contribution >= 4 is 11.6 Å². The van der Waals surface area contributed by atoms with Gasteiger partial charge in [0.1, 0.15) is 11.5 Å². The molecule has 0 aromatic heterocycles. The minimum absolute atomic E-state index is 0.548. The molecule has 0 saturated carbocycles. The third-order valence-corrected chi connectivity index (χ3v) is 2.00. The van der Waals surface area contributed by atoms with Crippen molar-refractivity contribution in [3.63, 3.8) is 0 Å². The highest BCUT2D eigenvalue weighted by atomic mass is 35.5. The van der Waals surface area contributed by atoms with Gasteiger partial charge in [-0.15, -0.1) is 11.6 Å². The molecule has 3 heteroatoms. The van der Waals surface area contributed by atoms with Crippen molar-refractivity contribution in [1.29, 1.82) is 0 Å². The highest BCUT2D eigenvalue weighted by Gasteiger charge is 2.08. The maximum absolute atomic E-state index is 6.01. The lowest BCUT2D eigenvalue weighted by atomic mass is 10.1. The van der Waals surface area contributed by atoms with Crippen LogP contribution in [0.25, 0.3) is 0 Å². The van der Waals surface area contributed by atoms with Crippen LogP contribution in [0.3, 0.4) is 0 Å². The molecule has 0 saturated heterocycles. The van der Waals surface area contributed by atoms with Crippen molar-refractivity contribution in [2.75, 3.05) is 14.2 Å². The number of hydrogen-bond donors (Lipinski definition) is 0. The predicted molar refractivity (Wildman–Crippen MR) is 66.4 cm³/mol. The predicted octanol–water partition coefficient (Wildman–Crippen LogP) is 3.07. The first-order valence-corrected chi connectivity index (χ1v) is 5.28. The Morgan fingerprint density at radius 3 is 2.38 bits per heavy atom. The lowest BCUT2D eigenvalue weighted by Crippen LogP contribution is -2.04. The van der Waals surface area contributed by atoms with Gasteiger partial charge in [0.15, 0.2) is 0 Å². The van der Waals surface area contributed by atoms with E-state index >= 15 is 0 Å². The molecule has 2 nitrogen and oxygen atoms in total. The zero-order valence-corrected chi connectivity index (χ0v) is 10.7. The summed E-state index contributed by atoms with van der Waals surface area (Å²) in [4.78, 5) is -0.548. The van der Waals surface area contributed by atoms with Gasteiger partial charge in [-0.2, -0.15) is 0 Å². The summed E-state index contributed by atoms with van der Waals surface area (Å²) in [5.41, 5.74) is 0.774. The molecule has 0 unspecified atom stereocenters. The summed E-state index contributed by atoms with van der Waals surface area (Å²) in [5, 5.41) is 0. The molecule has 0 radical (unpaired) electrons. The summed E-state index contributed by atoms with van der Waals surface area (Å²) < 4.78 is 10.3. The van der Waals surface area contributed by atoms with Gasteiger partial charge >= 0.3 is 0 Å². The largest absolute Gasteiger partial charge is 0.497 e. The molecule has 0 aliphatic carbocycles. The third kappa shape index (κ3) is 3.67. The van der Waals surface area contributed by atoms with Crippen LogP contribution in [0.5, 0.6) is 11.5 Å². The highest BCUT2D eigenvalue weighted by Crippen LogP contribution is 2.23. The Bertz CT molecular complexity index is 422. The molecular formula is C13H15ClO2. The standard InChI is InChI=1S/C13H15ClO2/c1-13(2,14)8-7-10-9-11(15-3)5-6-12(10)16-4/h5-6,9H,1-4H3. The number of rotatable bonds is 2. The Hall–Kier alpha value is -1.33. The van der Waals surface area contributed by atoms with Gasteiger partial charge in [-0.25, -0.2) is 0 Å². The summed E-state index contributed by atoms with van der Waals surface area (Å²) in [6.45, 7) is 3.68. The van der Waals surface area contributed by atoms with Crippen molar-refractivity contribution in [2.24, 2.45) is 0 Å². The Kier molecular flexibility index (Phi) is 4.09. The number of alkyl halides is 1. The second-order valence-electron chi connectivity index (χ2n) is 3.79. The Labute approximate surface area is 102 Å². The number of ether oxygens (including phenoxy) is 2. The molecule has 0 fully saturated rings. The number of benzene rings is 1. The molecule has 0 spiro atoms. The first-order valence-electron chi connectivity index (χ1n) is 4.90. The van der Waals surface area contributed by atoms with E-state index in [1.807, 2.05) is 32.0 Å². The van der Waals surface area contributed by atoms with Crippen LogP contribution in [-0.2, 0) is 0 Å². The third-order valence-electron chi connectivity index (χ3n) is 1.90. The number of halogens is 1. The molecule has 0 atom stereocenters. The van der Waals surface area contributed by atoms with E-state index in [0.29, 0.717) is 5.75 Å². The van der Waals surface area contributed by atoms with Gasteiger partial charge in [0.25, 0.3) is 0 Å². The second kappa shape index (κ2) is 5.14. The molecule has 0 aliphatic rings. The smallest absolute Gasteiger partial charge is 0.134 e. The monoisotopic (exact) mass is 238 g/mol. The molecular weight excluding hydrogens is 224 g/mol. The minimum Gasteiger partial charge on any atom is -0.497 e. The van der Waals surface area contributed by atoms with Crippen LogP contribution < -0.4 is 9.47 Å². The maximum atomic E-state index is 6.01. The zero-order valence-electron chi connectivity index (χ0n) is 9.93. The van der Waals surface area contributed by atoms with Gasteiger partial charge < -0.3 is 9.47 Å². The van der Waals surface area contributed by atoms with Crippen molar-refractivity contribution in [3.8, 4) is 23.3 Å². The minimum atomic E-state index is -0.548. The fourth-order valence-corrected chi connectivity index (χ4v) is 1.17. The molecule has 0 aliphatic heterocycles. The van der Waals surface area contributed by atoms with Crippen LogP contribution in [0, 0.1) is 11.8 Å². The normalized spacial score (nSPS) is 10.3. The maximum Gasteiger partial charge on any atom is 0.134 e. The zero-order chi connectivity index (χ0) is 12.2. The van der Waals surface area contributed by atoms with Crippen LogP contribution in [0.2, 0.25) is 0 Å². The Morgan fingerprint density at radius 2 is 1.88 bits per heavy atom. The summed E-state index contributed by atoms with van der Waals surface area (Å²) in [6, 6.07) is 5.48. The van der Waals surface area contributed by atoms with E-state index in [2.05, 4.69) is 11.8 Å². The van der Waals surface area contributed by atoms with Crippen molar-refractivity contribution in [2.45, 2.75) is 18.7 Å². The van der Waals surface area contributed by atoms with Gasteiger partial charge in [-0.05, 0) is 32.0 Å². The molecule has 0 N–H and O–H groups in total. The average Bonchev–Trinajstić information content (AvgIpc) is 2.25. The molecule has 0 bridgehead atoms. The molecule has 1 aromatic rings. The van der Waals surface area contributed by atoms with E-state index in [1.54, 1.807) is 14.2 Å². The lowest BCUT2D eigenvalue weighted by molar-refractivity contribution is 0.402. The Morgan fingerprint density at radius 1 is 1.19 bits per heavy atom. The first-order chi connectivity index (χ1) is 7.46. The van der Waals surface area contributed by atoms with E-state index in [-0.39, 0.29) is 0 Å². The second-order valence-corrected chi connectivity index (χ2v) is 4.73. The van der Waals surface area contributed by atoms with Crippen molar-refractivity contribution in [3.05, 3.63) is 23.8 Å². The van der Waals surface area contributed by atoms with Gasteiger partial charge in [-0.3, -0.25) is 0 Å². The lowest BCUT2D eigenvalue weighted by Gasteiger charge is -2.07. The van der Waals surface area contributed by atoms with Gasteiger partial charge in [-0.1, -0.05) is 11.8 Å². The molecule has 0 amide bonds. The molecule has 0 heterocycles. The first kappa shape index (κ1) is 12.7. The molecule has 1 aromatic carbocycles. The number of hydrogen-bond acceptors (Lipinski definition) is 2. The topological polar surface area (TPSA) is 18.5 Å². The van der Waals surface area contributed by atoms with E-state index in [1.165, 1.54) is 0 Å². The van der Waals surface area contributed by atoms with Crippen molar-refractivity contribution in [1.82, 2.24) is 0 Å². The van der Waals surface area contributed by atoms with Gasteiger partial charge in [0.05, 0.1) is 24.7 Å². The summed E-state index contributed by atoms with van der Waals surface area (Å²) >= 11 is 6.01. The SMILES string of the molecule is COc1ccc(OC)c(C#CC(C)(C)Cl)c1. The van der Waals surface area contributed by atoms with Crippen LogP contribution in [0.1, 0.15) is 19.4 Å².